The molecule has 0 spiro atoms. The number of benzene rings is 1. The highest BCUT2D eigenvalue weighted by atomic mass is 32.1. The van der Waals surface area contributed by atoms with Crippen molar-refractivity contribution < 1.29 is 15.1 Å². The van der Waals surface area contributed by atoms with Gasteiger partial charge in [0.15, 0.2) is 0 Å². The Bertz CT molecular complexity index is 975. The van der Waals surface area contributed by atoms with Crippen molar-refractivity contribution in [1.29, 1.82) is 0 Å². The van der Waals surface area contributed by atoms with Crippen molar-refractivity contribution in [2.24, 2.45) is 0 Å². The molecule has 1 aliphatic rings. The lowest BCUT2D eigenvalue weighted by molar-refractivity contribution is -0.384. The third-order valence-electron chi connectivity index (χ3n) is 4.84. The highest BCUT2D eigenvalue weighted by Gasteiger charge is 2.32. The molecule has 4 rings (SSSR count). The van der Waals surface area contributed by atoms with Crippen LogP contribution in [-0.4, -0.2) is 53.8 Å². The van der Waals surface area contributed by atoms with Gasteiger partial charge in [-0.25, -0.2) is 4.98 Å². The predicted molar refractivity (Wildman–Crippen MR) is 99.0 cm³/mol. The first-order valence-corrected chi connectivity index (χ1v) is 9.47. The number of piperidine rings is 1. The number of nitro groups is 1. The first kappa shape index (κ1) is 17.8. The predicted octanol–water partition coefficient (Wildman–Crippen LogP) is 2.26. The molecule has 10 heteroatoms. The fraction of sp³-hybridized carbons (Fsp3) is 0.412. The number of aryl methyl sites for hydroxylation is 1. The van der Waals surface area contributed by atoms with Gasteiger partial charge >= 0.3 is 0 Å². The number of aliphatic hydroxyl groups excluding tert-OH is 1. The summed E-state index contributed by atoms with van der Waals surface area (Å²) in [6, 6.07) is 6.09. The molecule has 0 bridgehead atoms. The van der Waals surface area contributed by atoms with Crippen molar-refractivity contribution in [2.75, 3.05) is 13.1 Å². The molecule has 3 aromatic rings. The quantitative estimate of drug-likeness (QED) is 0.519. The van der Waals surface area contributed by atoms with Crippen molar-refractivity contribution in [3.63, 3.8) is 0 Å². The number of nitrogens with zero attached hydrogens (tertiary/aromatic N) is 5. The molecule has 142 valence electrons. The van der Waals surface area contributed by atoms with Crippen LogP contribution in [0.25, 0.3) is 4.96 Å². The van der Waals surface area contributed by atoms with Crippen LogP contribution in [0.4, 0.5) is 5.69 Å². The minimum absolute atomic E-state index is 0.0223. The second kappa shape index (κ2) is 6.87. The Balaban J connectivity index is 1.78. The number of nitro benzene ring substituents is 1. The maximum Gasteiger partial charge on any atom is 0.269 e. The van der Waals surface area contributed by atoms with Gasteiger partial charge in [0.25, 0.3) is 5.69 Å². The number of hydrogen-bond acceptors (Lipinski definition) is 8. The van der Waals surface area contributed by atoms with Crippen LogP contribution in [0, 0.1) is 17.0 Å². The summed E-state index contributed by atoms with van der Waals surface area (Å²) >= 11 is 1.35. The molecule has 0 radical (unpaired) electrons. The summed E-state index contributed by atoms with van der Waals surface area (Å²) in [7, 11) is 0. The molecule has 27 heavy (non-hydrogen) atoms. The van der Waals surface area contributed by atoms with Crippen molar-refractivity contribution in [3.8, 4) is 5.88 Å². The largest absolute Gasteiger partial charge is 0.492 e. The summed E-state index contributed by atoms with van der Waals surface area (Å²) in [5.41, 5.74) is 0.863. The minimum Gasteiger partial charge on any atom is -0.492 e. The Hall–Kier alpha value is -2.56. The van der Waals surface area contributed by atoms with Crippen LogP contribution in [0.15, 0.2) is 24.3 Å². The van der Waals surface area contributed by atoms with Gasteiger partial charge in [0.1, 0.15) is 5.82 Å². The van der Waals surface area contributed by atoms with Crippen LogP contribution < -0.4 is 0 Å². The van der Waals surface area contributed by atoms with Gasteiger partial charge in [-0.3, -0.25) is 15.0 Å². The highest BCUT2D eigenvalue weighted by Crippen LogP contribution is 2.41. The number of rotatable bonds is 4. The van der Waals surface area contributed by atoms with Crippen LogP contribution >= 0.6 is 11.3 Å². The fourth-order valence-electron chi connectivity index (χ4n) is 3.48. The van der Waals surface area contributed by atoms with Crippen LogP contribution in [0.5, 0.6) is 5.88 Å². The summed E-state index contributed by atoms with van der Waals surface area (Å²) in [6.07, 6.45) is 0.964. The maximum absolute atomic E-state index is 11.0. The molecule has 2 N–H and O–H groups in total. The van der Waals surface area contributed by atoms with E-state index in [1.54, 1.807) is 19.1 Å². The van der Waals surface area contributed by atoms with Gasteiger partial charge in [-0.2, -0.15) is 4.52 Å². The van der Waals surface area contributed by atoms with Crippen molar-refractivity contribution >= 4 is 22.0 Å². The second-order valence-corrected chi connectivity index (χ2v) is 7.67. The molecule has 3 heterocycles. The average Bonchev–Trinajstić information content (AvgIpc) is 3.15. The lowest BCUT2D eigenvalue weighted by atomic mass is 9.99. The standard InChI is InChI=1S/C17H19N5O4S/c1-10-18-17-21(19-10)16(24)15(27-17)14(20-8-6-13(23)7-9-20)11-2-4-12(5-3-11)22(25)26/h2-5,13-14,23-24H,6-9H2,1H3/t14-/m1/s1. The maximum atomic E-state index is 11.0. The lowest BCUT2D eigenvalue weighted by Gasteiger charge is -2.35. The van der Waals surface area contributed by atoms with E-state index in [2.05, 4.69) is 15.0 Å². The SMILES string of the molecule is Cc1nc2sc([C@@H](c3ccc([N+](=O)[O-])cc3)N3CCC(O)CC3)c(O)n2n1. The molecule has 0 amide bonds. The smallest absolute Gasteiger partial charge is 0.269 e. The van der Waals surface area contributed by atoms with E-state index >= 15 is 0 Å². The number of aliphatic hydroxyl groups is 1. The first-order valence-electron chi connectivity index (χ1n) is 8.65. The number of non-ortho nitro benzene ring substituents is 1. The Morgan fingerprint density at radius 3 is 2.56 bits per heavy atom. The Labute approximate surface area is 158 Å². The zero-order valence-corrected chi connectivity index (χ0v) is 15.5. The van der Waals surface area contributed by atoms with Crippen molar-refractivity contribution in [3.05, 3.63) is 50.6 Å². The second-order valence-electron chi connectivity index (χ2n) is 6.66. The number of aromatic hydroxyl groups is 1. The Morgan fingerprint density at radius 2 is 1.96 bits per heavy atom. The number of likely N-dealkylation sites (tertiary alicyclic amines) is 1. The molecule has 1 aliphatic heterocycles. The topological polar surface area (TPSA) is 117 Å². The highest BCUT2D eigenvalue weighted by molar-refractivity contribution is 7.17. The van der Waals surface area contributed by atoms with Crippen LogP contribution in [0.1, 0.15) is 35.1 Å². The van der Waals surface area contributed by atoms with Gasteiger partial charge < -0.3 is 10.2 Å². The molecule has 1 fully saturated rings. The van der Waals surface area contributed by atoms with E-state index in [-0.39, 0.29) is 23.7 Å². The molecule has 0 unspecified atom stereocenters. The van der Waals surface area contributed by atoms with E-state index < -0.39 is 4.92 Å². The molecule has 1 atom stereocenters. The molecular formula is C17H19N5O4S. The summed E-state index contributed by atoms with van der Waals surface area (Å²) in [4.78, 5) is 18.3. The van der Waals surface area contributed by atoms with E-state index in [0.29, 0.717) is 41.6 Å². The number of hydrogen-bond donors (Lipinski definition) is 2. The van der Waals surface area contributed by atoms with Gasteiger partial charge in [-0.15, -0.1) is 5.10 Å². The van der Waals surface area contributed by atoms with Crippen LogP contribution in [-0.2, 0) is 0 Å². The average molecular weight is 389 g/mol. The normalized spacial score (nSPS) is 17.4. The minimum atomic E-state index is -0.431. The van der Waals surface area contributed by atoms with Crippen LogP contribution in [0.2, 0.25) is 0 Å². The first-order chi connectivity index (χ1) is 12.9. The van der Waals surface area contributed by atoms with E-state index in [1.807, 2.05) is 0 Å². The summed E-state index contributed by atoms with van der Waals surface area (Å²) in [5, 5.41) is 35.8. The molecule has 9 nitrogen and oxygen atoms in total. The van der Waals surface area contributed by atoms with Gasteiger partial charge in [0.05, 0.1) is 21.9 Å². The Morgan fingerprint density at radius 1 is 1.30 bits per heavy atom. The van der Waals surface area contributed by atoms with E-state index in [1.165, 1.54) is 28.0 Å². The summed E-state index contributed by atoms with van der Waals surface area (Å²) < 4.78 is 1.42. The molecule has 0 saturated carbocycles. The lowest BCUT2D eigenvalue weighted by Crippen LogP contribution is -2.38. The van der Waals surface area contributed by atoms with E-state index in [0.717, 1.165) is 5.56 Å². The fourth-order valence-corrected chi connectivity index (χ4v) is 4.64. The molecule has 0 aliphatic carbocycles. The molecule has 1 saturated heterocycles. The zero-order chi connectivity index (χ0) is 19.1. The van der Waals surface area contributed by atoms with E-state index in [9.17, 15) is 20.3 Å². The molecular weight excluding hydrogens is 370 g/mol. The number of fused-ring (bicyclic) bond motifs is 1. The van der Waals surface area contributed by atoms with Gasteiger partial charge in [-0.1, -0.05) is 23.5 Å². The number of thiazole rings is 1. The van der Waals surface area contributed by atoms with Gasteiger partial charge in [0.2, 0.25) is 10.8 Å². The van der Waals surface area contributed by atoms with Crippen LogP contribution in [0.3, 0.4) is 0 Å². The van der Waals surface area contributed by atoms with E-state index in [4.69, 9.17) is 0 Å². The summed E-state index contributed by atoms with van der Waals surface area (Å²) in [5.74, 6) is 0.612. The third-order valence-corrected chi connectivity index (χ3v) is 5.91. The number of aromatic nitrogens is 3. The van der Waals surface area contributed by atoms with Gasteiger partial charge in [-0.05, 0) is 25.3 Å². The molecule has 1 aromatic carbocycles. The Kier molecular flexibility index (Phi) is 4.54. The zero-order valence-electron chi connectivity index (χ0n) is 14.6. The molecule has 2 aromatic heterocycles. The van der Waals surface area contributed by atoms with Crippen molar-refractivity contribution in [1.82, 2.24) is 19.5 Å². The monoisotopic (exact) mass is 389 g/mol. The third kappa shape index (κ3) is 3.27. The van der Waals surface area contributed by atoms with Gasteiger partial charge in [0, 0.05) is 25.2 Å². The summed E-state index contributed by atoms with van der Waals surface area (Å²) in [6.45, 7) is 3.09. The van der Waals surface area contributed by atoms with Crippen molar-refractivity contribution in [2.45, 2.75) is 31.9 Å².